The number of hydrogen-bond acceptors (Lipinski definition) is 2. The van der Waals surface area contributed by atoms with Crippen molar-refractivity contribution in [3.05, 3.63) is 35.9 Å². The van der Waals surface area contributed by atoms with E-state index in [1.54, 1.807) is 12.1 Å². The van der Waals surface area contributed by atoms with Gasteiger partial charge in [0.15, 0.2) is 0 Å². The Morgan fingerprint density at radius 3 is 2.47 bits per heavy atom. The molecule has 4 nitrogen and oxygen atoms in total. The van der Waals surface area contributed by atoms with Gasteiger partial charge in [0.1, 0.15) is 0 Å². The van der Waals surface area contributed by atoms with Crippen molar-refractivity contribution >= 4 is 11.9 Å². The summed E-state index contributed by atoms with van der Waals surface area (Å²) in [6, 6.07) is 8.96. The predicted octanol–water partition coefficient (Wildman–Crippen LogP) is 1.67. The van der Waals surface area contributed by atoms with Gasteiger partial charge in [-0.05, 0) is 31.4 Å². The minimum absolute atomic E-state index is 0.0104. The monoisotopic (exact) mass is 233 g/mol. The lowest BCUT2D eigenvalue weighted by molar-refractivity contribution is -0.141. The van der Waals surface area contributed by atoms with Gasteiger partial charge in [-0.25, -0.2) is 0 Å². The smallest absolute Gasteiger partial charge is 0.306 e. The highest BCUT2D eigenvalue weighted by molar-refractivity contribution is 5.94. The molecule has 0 aromatic heterocycles. The Balaban J connectivity index is 1.91. The Hall–Kier alpha value is -1.84. The maximum atomic E-state index is 11.8. The highest BCUT2D eigenvalue weighted by atomic mass is 16.4. The number of nitrogens with one attached hydrogen (secondary N) is 1. The average Bonchev–Trinajstić information content (AvgIpc) is 2.79. The van der Waals surface area contributed by atoms with E-state index < -0.39 is 5.97 Å². The van der Waals surface area contributed by atoms with Gasteiger partial charge in [-0.1, -0.05) is 18.2 Å². The summed E-state index contributed by atoms with van der Waals surface area (Å²) >= 11 is 0. The molecular weight excluding hydrogens is 218 g/mol. The minimum atomic E-state index is -0.763. The van der Waals surface area contributed by atoms with E-state index in [-0.39, 0.29) is 17.9 Å². The van der Waals surface area contributed by atoms with Crippen LogP contribution in [-0.2, 0) is 4.79 Å². The fourth-order valence-electron chi connectivity index (χ4n) is 2.20. The number of rotatable bonds is 3. The second-order valence-corrected chi connectivity index (χ2v) is 4.38. The molecule has 0 spiro atoms. The molecule has 2 N–H and O–H groups in total. The van der Waals surface area contributed by atoms with E-state index in [2.05, 4.69) is 5.32 Å². The number of benzene rings is 1. The van der Waals surface area contributed by atoms with Crippen LogP contribution in [0.4, 0.5) is 0 Å². The lowest BCUT2D eigenvalue weighted by Gasteiger charge is -2.12. The Labute approximate surface area is 99.6 Å². The van der Waals surface area contributed by atoms with Gasteiger partial charge in [-0.3, -0.25) is 9.59 Å². The zero-order chi connectivity index (χ0) is 12.3. The van der Waals surface area contributed by atoms with Gasteiger partial charge >= 0.3 is 5.97 Å². The van der Waals surface area contributed by atoms with E-state index in [1.165, 1.54) is 0 Å². The highest BCUT2D eigenvalue weighted by Crippen LogP contribution is 2.25. The third-order valence-corrected chi connectivity index (χ3v) is 3.15. The van der Waals surface area contributed by atoms with Crippen LogP contribution in [0.1, 0.15) is 29.6 Å². The van der Waals surface area contributed by atoms with Gasteiger partial charge in [0.25, 0.3) is 5.91 Å². The minimum Gasteiger partial charge on any atom is -0.481 e. The van der Waals surface area contributed by atoms with Crippen LogP contribution in [0.3, 0.4) is 0 Å². The van der Waals surface area contributed by atoms with E-state index in [1.807, 2.05) is 18.2 Å². The zero-order valence-electron chi connectivity index (χ0n) is 9.43. The second kappa shape index (κ2) is 4.99. The van der Waals surface area contributed by atoms with E-state index >= 15 is 0 Å². The van der Waals surface area contributed by atoms with Crippen LogP contribution in [0, 0.1) is 5.92 Å². The van der Waals surface area contributed by atoms with E-state index in [0.29, 0.717) is 18.4 Å². The number of carboxylic acid groups (broad SMARTS) is 1. The molecule has 0 unspecified atom stereocenters. The van der Waals surface area contributed by atoms with Crippen LogP contribution in [0.25, 0.3) is 0 Å². The van der Waals surface area contributed by atoms with Gasteiger partial charge < -0.3 is 10.4 Å². The molecule has 90 valence electrons. The quantitative estimate of drug-likeness (QED) is 0.834. The first-order valence-corrected chi connectivity index (χ1v) is 5.75. The van der Waals surface area contributed by atoms with Crippen LogP contribution >= 0.6 is 0 Å². The van der Waals surface area contributed by atoms with Gasteiger partial charge in [0.05, 0.1) is 5.92 Å². The Bertz CT molecular complexity index is 416. The van der Waals surface area contributed by atoms with E-state index in [0.717, 1.165) is 6.42 Å². The molecule has 0 bridgehead atoms. The lowest BCUT2D eigenvalue weighted by Crippen LogP contribution is -2.33. The molecule has 1 aliphatic rings. The normalized spacial score (nSPS) is 23.3. The van der Waals surface area contributed by atoms with Crippen molar-refractivity contribution in [3.63, 3.8) is 0 Å². The SMILES string of the molecule is O=C(N[C@@H]1CC[C@H](C(=O)O)C1)c1ccccc1. The molecule has 1 aromatic carbocycles. The van der Waals surface area contributed by atoms with Crippen molar-refractivity contribution in [2.24, 2.45) is 5.92 Å². The van der Waals surface area contributed by atoms with Gasteiger partial charge in [-0.15, -0.1) is 0 Å². The third-order valence-electron chi connectivity index (χ3n) is 3.15. The molecule has 1 fully saturated rings. The first-order valence-electron chi connectivity index (χ1n) is 5.75. The summed E-state index contributed by atoms with van der Waals surface area (Å²) in [4.78, 5) is 22.6. The molecule has 17 heavy (non-hydrogen) atoms. The molecule has 2 rings (SSSR count). The molecule has 0 heterocycles. The Morgan fingerprint density at radius 2 is 1.88 bits per heavy atom. The average molecular weight is 233 g/mol. The largest absolute Gasteiger partial charge is 0.481 e. The summed E-state index contributed by atoms with van der Waals surface area (Å²) in [5, 5.41) is 11.7. The van der Waals surface area contributed by atoms with Crippen LogP contribution in [0.15, 0.2) is 30.3 Å². The first-order chi connectivity index (χ1) is 8.16. The van der Waals surface area contributed by atoms with Crippen LogP contribution in [0.5, 0.6) is 0 Å². The van der Waals surface area contributed by atoms with Gasteiger partial charge in [-0.2, -0.15) is 0 Å². The molecule has 0 saturated heterocycles. The fourth-order valence-corrected chi connectivity index (χ4v) is 2.20. The lowest BCUT2D eigenvalue weighted by atomic mass is 10.1. The topological polar surface area (TPSA) is 66.4 Å². The summed E-state index contributed by atoms with van der Waals surface area (Å²) < 4.78 is 0. The second-order valence-electron chi connectivity index (χ2n) is 4.38. The summed E-state index contributed by atoms with van der Waals surface area (Å²) in [6.07, 6.45) is 1.93. The number of carboxylic acids is 1. The zero-order valence-corrected chi connectivity index (χ0v) is 9.43. The van der Waals surface area contributed by atoms with Crippen molar-refractivity contribution in [2.45, 2.75) is 25.3 Å². The van der Waals surface area contributed by atoms with Crippen molar-refractivity contribution in [3.8, 4) is 0 Å². The first kappa shape index (κ1) is 11.6. The van der Waals surface area contributed by atoms with Crippen molar-refractivity contribution in [1.29, 1.82) is 0 Å². The Kier molecular flexibility index (Phi) is 3.42. The number of hydrogen-bond donors (Lipinski definition) is 2. The third kappa shape index (κ3) is 2.84. The predicted molar refractivity (Wildman–Crippen MR) is 62.7 cm³/mol. The number of carbonyl (C=O) groups is 2. The molecule has 1 amide bonds. The molecular formula is C13H15NO3. The van der Waals surface area contributed by atoms with Gasteiger partial charge in [0, 0.05) is 11.6 Å². The Morgan fingerprint density at radius 1 is 1.18 bits per heavy atom. The molecule has 0 aliphatic heterocycles. The van der Waals surface area contributed by atoms with Crippen molar-refractivity contribution in [2.75, 3.05) is 0 Å². The van der Waals surface area contributed by atoms with Crippen LogP contribution in [0.2, 0.25) is 0 Å². The summed E-state index contributed by atoms with van der Waals surface area (Å²) in [5.41, 5.74) is 0.617. The van der Waals surface area contributed by atoms with Crippen LogP contribution in [-0.4, -0.2) is 23.0 Å². The highest BCUT2D eigenvalue weighted by Gasteiger charge is 2.30. The molecule has 4 heteroatoms. The molecule has 2 atom stereocenters. The number of carbonyl (C=O) groups excluding carboxylic acids is 1. The van der Waals surface area contributed by atoms with E-state index in [9.17, 15) is 9.59 Å². The van der Waals surface area contributed by atoms with Crippen molar-refractivity contribution in [1.82, 2.24) is 5.32 Å². The fraction of sp³-hybridized carbons (Fsp3) is 0.385. The molecule has 1 aromatic rings. The standard InChI is InChI=1S/C13H15NO3/c15-12(9-4-2-1-3-5-9)14-11-7-6-10(8-11)13(16)17/h1-5,10-11H,6-8H2,(H,14,15)(H,16,17)/t10-,11+/m0/s1. The van der Waals surface area contributed by atoms with Crippen LogP contribution < -0.4 is 5.32 Å². The van der Waals surface area contributed by atoms with Gasteiger partial charge in [0.2, 0.25) is 0 Å². The molecule has 0 radical (unpaired) electrons. The molecule has 1 saturated carbocycles. The maximum Gasteiger partial charge on any atom is 0.306 e. The number of amides is 1. The summed E-state index contributed by atoms with van der Waals surface area (Å²) in [5.74, 6) is -1.20. The maximum absolute atomic E-state index is 11.8. The molecule has 1 aliphatic carbocycles. The number of aliphatic carboxylic acids is 1. The van der Waals surface area contributed by atoms with E-state index in [4.69, 9.17) is 5.11 Å². The van der Waals surface area contributed by atoms with Crippen molar-refractivity contribution < 1.29 is 14.7 Å². The summed E-state index contributed by atoms with van der Waals surface area (Å²) in [6.45, 7) is 0. The summed E-state index contributed by atoms with van der Waals surface area (Å²) in [7, 11) is 0.